The van der Waals surface area contributed by atoms with Crippen LogP contribution in [0.3, 0.4) is 0 Å². The van der Waals surface area contributed by atoms with Crippen LogP contribution in [-0.4, -0.2) is 77.7 Å². The summed E-state index contributed by atoms with van der Waals surface area (Å²) in [5.41, 5.74) is -0.00899. The smallest absolute Gasteiger partial charge is 0.408 e. The average molecular weight is 568 g/mol. The maximum atomic E-state index is 14.1. The first-order valence-electron chi connectivity index (χ1n) is 13.3. The highest BCUT2D eigenvalue weighted by Crippen LogP contribution is 2.32. The molecule has 10 nitrogen and oxygen atoms in total. The highest BCUT2D eigenvalue weighted by molar-refractivity contribution is 7.98. The zero-order valence-electron chi connectivity index (χ0n) is 24.3. The molecule has 0 radical (unpaired) electrons. The van der Waals surface area contributed by atoms with Gasteiger partial charge >= 0.3 is 12.1 Å². The maximum Gasteiger partial charge on any atom is 0.408 e. The van der Waals surface area contributed by atoms with Crippen LogP contribution in [0, 0.1) is 6.92 Å². The van der Waals surface area contributed by atoms with Crippen molar-refractivity contribution in [3.63, 3.8) is 0 Å². The maximum absolute atomic E-state index is 14.1. The van der Waals surface area contributed by atoms with Gasteiger partial charge in [-0.2, -0.15) is 11.8 Å². The molecule has 2 unspecified atom stereocenters. The molecular formula is C28H45N3O7S. The summed E-state index contributed by atoms with van der Waals surface area (Å²) in [5.74, 6) is -1.33. The number of benzene rings is 1. The van der Waals surface area contributed by atoms with Crippen LogP contribution < -0.4 is 10.6 Å². The molecule has 1 aromatic carbocycles. The molecule has 0 saturated carbocycles. The van der Waals surface area contributed by atoms with Crippen LogP contribution in [0.1, 0.15) is 77.0 Å². The predicted octanol–water partition coefficient (Wildman–Crippen LogP) is 4.09. The van der Waals surface area contributed by atoms with Crippen molar-refractivity contribution in [2.75, 3.05) is 32.2 Å². The van der Waals surface area contributed by atoms with Gasteiger partial charge in [-0.1, -0.05) is 44.4 Å². The zero-order chi connectivity index (χ0) is 29.6. The Morgan fingerprint density at radius 2 is 1.82 bits per heavy atom. The topological polar surface area (TPSA) is 134 Å². The van der Waals surface area contributed by atoms with Crippen LogP contribution >= 0.6 is 11.8 Å². The molecule has 3 N–H and O–H groups in total. The highest BCUT2D eigenvalue weighted by Gasteiger charge is 2.37. The van der Waals surface area contributed by atoms with Crippen molar-refractivity contribution in [3.05, 3.63) is 29.3 Å². The van der Waals surface area contributed by atoms with Gasteiger partial charge in [0.05, 0.1) is 7.11 Å². The Bertz CT molecular complexity index is 965. The van der Waals surface area contributed by atoms with E-state index < -0.39 is 48.1 Å². The van der Waals surface area contributed by atoms with E-state index >= 15 is 0 Å². The number of aryl methyl sites for hydroxylation is 1. The van der Waals surface area contributed by atoms with Gasteiger partial charge in [0.1, 0.15) is 30.0 Å². The average Bonchev–Trinajstić information content (AvgIpc) is 2.87. The first kappa shape index (κ1) is 34.1. The van der Waals surface area contributed by atoms with Gasteiger partial charge < -0.3 is 30.1 Å². The second-order valence-corrected chi connectivity index (χ2v) is 11.3. The van der Waals surface area contributed by atoms with Crippen molar-refractivity contribution in [2.24, 2.45) is 0 Å². The summed E-state index contributed by atoms with van der Waals surface area (Å²) >= 11 is 1.52. The van der Waals surface area contributed by atoms with E-state index in [1.54, 1.807) is 45.9 Å². The summed E-state index contributed by atoms with van der Waals surface area (Å²) in [6.45, 7) is 8.76. The largest absolute Gasteiger partial charge is 0.507 e. The minimum absolute atomic E-state index is 0.122. The molecule has 0 bridgehead atoms. The number of thioether (sulfide) groups is 1. The monoisotopic (exact) mass is 567 g/mol. The standard InChI is InChI=1S/C28H45N3O7S/c1-8-9-10-11-16-31(26(35)21(15-17-39-7)30-27(36)38-28(3,4)5)23(25(34)29-18-22(32)37-6)20-14-12-13-19(2)24(20)33/h12-14,21,23,33H,8-11,15-18H2,1-7H3,(H,29,34)(H,30,36). The molecule has 3 amide bonds. The number of alkyl carbamates (subject to hydrolysis) is 1. The van der Waals surface area contributed by atoms with E-state index in [9.17, 15) is 24.3 Å². The molecule has 0 aromatic heterocycles. The zero-order valence-corrected chi connectivity index (χ0v) is 25.1. The Balaban J connectivity index is 3.55. The molecule has 0 spiro atoms. The van der Waals surface area contributed by atoms with Crippen molar-refractivity contribution in [2.45, 2.75) is 84.4 Å². The molecule has 0 saturated heterocycles. The number of nitrogens with zero attached hydrogens (tertiary/aromatic N) is 1. The van der Waals surface area contributed by atoms with E-state index in [0.29, 0.717) is 24.2 Å². The van der Waals surface area contributed by atoms with E-state index in [1.807, 2.05) is 6.26 Å². The van der Waals surface area contributed by atoms with Gasteiger partial charge in [0.2, 0.25) is 11.8 Å². The second kappa shape index (κ2) is 16.9. The van der Waals surface area contributed by atoms with E-state index in [1.165, 1.54) is 23.8 Å². The number of amides is 3. The summed E-state index contributed by atoms with van der Waals surface area (Å²) in [5, 5.41) is 16.2. The van der Waals surface area contributed by atoms with Gasteiger partial charge in [-0.15, -0.1) is 0 Å². The predicted molar refractivity (Wildman–Crippen MR) is 153 cm³/mol. The Morgan fingerprint density at radius 3 is 2.41 bits per heavy atom. The van der Waals surface area contributed by atoms with Crippen molar-refractivity contribution >= 4 is 35.6 Å². The van der Waals surface area contributed by atoms with Crippen LogP contribution in [0.5, 0.6) is 5.75 Å². The minimum atomic E-state index is -1.25. The molecular weight excluding hydrogens is 522 g/mol. The summed E-state index contributed by atoms with van der Waals surface area (Å²) in [6, 6.07) is 2.74. The van der Waals surface area contributed by atoms with Crippen molar-refractivity contribution in [1.82, 2.24) is 15.5 Å². The minimum Gasteiger partial charge on any atom is -0.507 e. The molecule has 0 heterocycles. The normalized spacial score (nSPS) is 12.7. The first-order chi connectivity index (χ1) is 18.4. The fourth-order valence-electron chi connectivity index (χ4n) is 3.90. The summed E-state index contributed by atoms with van der Waals surface area (Å²) in [4.78, 5) is 53.5. The number of ether oxygens (including phenoxy) is 2. The number of nitrogens with one attached hydrogen (secondary N) is 2. The lowest BCUT2D eigenvalue weighted by atomic mass is 9.98. The van der Waals surface area contributed by atoms with Crippen LogP contribution in [0.15, 0.2) is 18.2 Å². The molecule has 0 aliphatic carbocycles. The number of carbonyl (C=O) groups excluding carboxylic acids is 4. The number of esters is 1. The number of hydrogen-bond donors (Lipinski definition) is 3. The van der Waals surface area contributed by atoms with Crippen LogP contribution in [0.25, 0.3) is 0 Å². The number of carbonyl (C=O) groups is 4. The molecule has 0 aliphatic heterocycles. The van der Waals surface area contributed by atoms with Gasteiger partial charge in [-0.05, 0) is 58.1 Å². The van der Waals surface area contributed by atoms with Gasteiger partial charge in [0.25, 0.3) is 0 Å². The fourth-order valence-corrected chi connectivity index (χ4v) is 4.37. The van der Waals surface area contributed by atoms with Crippen LogP contribution in [0.4, 0.5) is 4.79 Å². The number of phenolic OH excluding ortho intramolecular Hbond substituents is 1. The van der Waals surface area contributed by atoms with Crippen LogP contribution in [-0.2, 0) is 23.9 Å². The SMILES string of the molecule is CCCCCCN(C(=O)C(CCSC)NC(=O)OC(C)(C)C)C(C(=O)NCC(=O)OC)c1cccc(C)c1O. The lowest BCUT2D eigenvalue weighted by Gasteiger charge is -2.35. The lowest BCUT2D eigenvalue weighted by molar-refractivity contribution is -0.144. The van der Waals surface area contributed by atoms with Crippen molar-refractivity contribution in [1.29, 1.82) is 0 Å². The third-order valence-electron chi connectivity index (χ3n) is 5.89. The van der Waals surface area contributed by atoms with Gasteiger partial charge in [-0.3, -0.25) is 14.4 Å². The Labute approximate surface area is 236 Å². The summed E-state index contributed by atoms with van der Waals surface area (Å²) in [7, 11) is 1.21. The van der Waals surface area contributed by atoms with Gasteiger partial charge in [0.15, 0.2) is 0 Å². The molecule has 1 aromatic rings. The molecule has 2 atom stereocenters. The number of methoxy groups -OCH3 is 1. The Hall–Kier alpha value is -2.95. The van der Waals surface area contributed by atoms with E-state index in [4.69, 9.17) is 4.74 Å². The van der Waals surface area contributed by atoms with Gasteiger partial charge in [-0.25, -0.2) is 4.79 Å². The first-order valence-corrected chi connectivity index (χ1v) is 14.7. The Kier molecular flexibility index (Phi) is 14.8. The molecule has 1 rings (SSSR count). The highest BCUT2D eigenvalue weighted by atomic mass is 32.2. The molecule has 39 heavy (non-hydrogen) atoms. The van der Waals surface area contributed by atoms with Crippen molar-refractivity contribution < 1.29 is 33.8 Å². The number of aromatic hydroxyl groups is 1. The number of para-hydroxylation sites is 1. The van der Waals surface area contributed by atoms with Crippen molar-refractivity contribution in [3.8, 4) is 5.75 Å². The third kappa shape index (κ3) is 11.8. The number of rotatable bonds is 15. The second-order valence-electron chi connectivity index (χ2n) is 10.3. The number of hydrogen-bond acceptors (Lipinski definition) is 8. The quantitative estimate of drug-likeness (QED) is 0.213. The van der Waals surface area contributed by atoms with E-state index in [0.717, 1.165) is 19.3 Å². The molecule has 0 aliphatic rings. The molecule has 220 valence electrons. The van der Waals surface area contributed by atoms with E-state index in [-0.39, 0.29) is 17.9 Å². The number of unbranched alkanes of at least 4 members (excludes halogenated alkanes) is 3. The summed E-state index contributed by atoms with van der Waals surface area (Å²) in [6.07, 6.45) is 4.82. The number of phenols is 1. The summed E-state index contributed by atoms with van der Waals surface area (Å²) < 4.78 is 10.0. The van der Waals surface area contributed by atoms with Crippen LogP contribution in [0.2, 0.25) is 0 Å². The lowest BCUT2D eigenvalue weighted by Crippen LogP contribution is -2.53. The Morgan fingerprint density at radius 1 is 1.13 bits per heavy atom. The molecule has 0 fully saturated rings. The van der Waals surface area contributed by atoms with E-state index in [2.05, 4.69) is 22.3 Å². The molecule has 11 heteroatoms. The van der Waals surface area contributed by atoms with Gasteiger partial charge in [0, 0.05) is 12.1 Å². The third-order valence-corrected chi connectivity index (χ3v) is 6.54. The fraction of sp³-hybridized carbons (Fsp3) is 0.643.